The zero-order valence-electron chi connectivity index (χ0n) is 43.8. The first kappa shape index (κ1) is 64.3. The molecule has 2 aliphatic rings. The number of ether oxygens (including phenoxy) is 6. The molecule has 2 saturated heterocycles. The number of hydrogen-bond acceptors (Lipinski definition) is 14. The maximum atomic E-state index is 13.0. The van der Waals surface area contributed by atoms with Gasteiger partial charge in [0.15, 0.2) is 12.6 Å². The molecule has 14 heteroatoms. The second-order valence-electron chi connectivity index (χ2n) is 19.8. The van der Waals surface area contributed by atoms with E-state index < -0.39 is 80.7 Å². The molecule has 0 aromatic carbocycles. The lowest BCUT2D eigenvalue weighted by atomic mass is 9.98. The molecule has 0 amide bonds. The van der Waals surface area contributed by atoms with E-state index >= 15 is 0 Å². The van der Waals surface area contributed by atoms with E-state index in [1.165, 1.54) is 116 Å². The van der Waals surface area contributed by atoms with Gasteiger partial charge in [-0.15, -0.1) is 0 Å². The molecule has 14 nitrogen and oxygen atoms in total. The number of esters is 1. The van der Waals surface area contributed by atoms with Crippen molar-refractivity contribution in [2.24, 2.45) is 0 Å². The van der Waals surface area contributed by atoms with E-state index in [0.29, 0.717) is 13.0 Å². The molecule has 0 spiro atoms. The number of rotatable bonds is 45. The molecule has 0 aliphatic carbocycles. The van der Waals surface area contributed by atoms with Crippen LogP contribution in [0, 0.1) is 0 Å². The Hall–Kier alpha value is -1.79. The fourth-order valence-electron chi connectivity index (χ4n) is 8.82. The summed E-state index contributed by atoms with van der Waals surface area (Å²) in [6, 6.07) is 0. The SMILES string of the molecule is CCCCC/C=C\C/C=C\C/C=C\CCCCCCCCC(=O)OC(COCCCCCCCCCCCCCCCCCCC)COC1OC(COC2OC(CO)C(O)C(O)C2O)C(O)C(O)C1O. The van der Waals surface area contributed by atoms with Crippen LogP contribution in [0.2, 0.25) is 0 Å². The predicted molar refractivity (Wildman–Crippen MR) is 275 cm³/mol. The Labute approximate surface area is 423 Å². The van der Waals surface area contributed by atoms with Crippen LogP contribution in [0.4, 0.5) is 0 Å². The number of aliphatic hydroxyl groups excluding tert-OH is 7. The molecule has 2 aliphatic heterocycles. The van der Waals surface area contributed by atoms with Crippen LogP contribution in [-0.4, -0.2) is 142 Å². The highest BCUT2D eigenvalue weighted by Crippen LogP contribution is 2.26. The topological polar surface area (TPSA) is 214 Å². The van der Waals surface area contributed by atoms with Gasteiger partial charge in [0.2, 0.25) is 0 Å². The summed E-state index contributed by atoms with van der Waals surface area (Å²) >= 11 is 0. The van der Waals surface area contributed by atoms with Gasteiger partial charge in [0.1, 0.15) is 54.9 Å². The van der Waals surface area contributed by atoms with Gasteiger partial charge in [0, 0.05) is 13.0 Å². The number of carbonyl (C=O) groups is 1. The van der Waals surface area contributed by atoms with Gasteiger partial charge < -0.3 is 64.2 Å². The standard InChI is InChI=1S/C56H102O14/c1-3-5-7-9-11-13-15-17-19-21-22-23-25-27-29-31-33-35-37-39-48(58)68-45(42-65-40-38-36-34-32-30-28-26-24-20-18-16-14-12-10-8-6-4-2)43-66-55-54(64)52(62)50(60)47(70-55)44-67-56-53(63)51(61)49(59)46(41-57)69-56/h11,13,17,19,22-23,45-47,49-57,59-64H,3-10,12,14-16,18,20-21,24-44H2,1-2H3/b13-11-,19-17-,23-22-. The highest BCUT2D eigenvalue weighted by Gasteiger charge is 2.47. The Kier molecular flexibility index (Phi) is 40.1. The maximum absolute atomic E-state index is 13.0. The van der Waals surface area contributed by atoms with Gasteiger partial charge in [0.05, 0.1) is 26.4 Å². The number of unbranched alkanes of at least 4 members (excludes halogenated alkanes) is 25. The molecule has 11 unspecified atom stereocenters. The number of allylic oxidation sites excluding steroid dienone is 6. The molecule has 2 fully saturated rings. The number of carbonyl (C=O) groups excluding carboxylic acids is 1. The van der Waals surface area contributed by atoms with Crippen molar-refractivity contribution < 1.29 is 69.0 Å². The van der Waals surface area contributed by atoms with Gasteiger partial charge in [-0.1, -0.05) is 192 Å². The van der Waals surface area contributed by atoms with Crippen LogP contribution in [0.1, 0.15) is 213 Å². The molecular formula is C56H102O14. The van der Waals surface area contributed by atoms with Crippen molar-refractivity contribution in [3.05, 3.63) is 36.5 Å². The van der Waals surface area contributed by atoms with E-state index in [9.17, 15) is 40.5 Å². The zero-order chi connectivity index (χ0) is 50.9. The molecule has 410 valence electrons. The van der Waals surface area contributed by atoms with E-state index in [2.05, 4.69) is 50.3 Å². The molecule has 2 rings (SSSR count). The highest BCUT2D eigenvalue weighted by atomic mass is 16.7. The van der Waals surface area contributed by atoms with Crippen molar-refractivity contribution in [1.82, 2.24) is 0 Å². The van der Waals surface area contributed by atoms with E-state index in [-0.39, 0.29) is 25.6 Å². The Morgan fingerprint density at radius 3 is 1.41 bits per heavy atom. The first-order valence-electron chi connectivity index (χ1n) is 28.1. The maximum Gasteiger partial charge on any atom is 0.306 e. The van der Waals surface area contributed by atoms with Gasteiger partial charge in [-0.25, -0.2) is 0 Å². The summed E-state index contributed by atoms with van der Waals surface area (Å²) in [4.78, 5) is 13.0. The van der Waals surface area contributed by atoms with Crippen molar-refractivity contribution >= 4 is 5.97 Å². The van der Waals surface area contributed by atoms with Crippen LogP contribution in [0.5, 0.6) is 0 Å². The monoisotopic (exact) mass is 999 g/mol. The summed E-state index contributed by atoms with van der Waals surface area (Å²) in [5, 5.41) is 72.3. The van der Waals surface area contributed by atoms with E-state index in [0.717, 1.165) is 70.6 Å². The largest absolute Gasteiger partial charge is 0.457 e. The first-order valence-corrected chi connectivity index (χ1v) is 28.1. The van der Waals surface area contributed by atoms with Crippen LogP contribution in [0.3, 0.4) is 0 Å². The zero-order valence-corrected chi connectivity index (χ0v) is 43.8. The molecule has 11 atom stereocenters. The summed E-state index contributed by atoms with van der Waals surface area (Å²) in [6.07, 6.45) is 33.4. The Morgan fingerprint density at radius 1 is 0.471 bits per heavy atom. The van der Waals surface area contributed by atoms with Crippen LogP contribution in [0.15, 0.2) is 36.5 Å². The molecule has 0 radical (unpaired) electrons. The highest BCUT2D eigenvalue weighted by molar-refractivity contribution is 5.69. The minimum atomic E-state index is -1.71. The molecule has 0 bridgehead atoms. The van der Waals surface area contributed by atoms with Crippen molar-refractivity contribution in [3.63, 3.8) is 0 Å². The van der Waals surface area contributed by atoms with Gasteiger partial charge in [-0.05, 0) is 51.4 Å². The van der Waals surface area contributed by atoms with Gasteiger partial charge in [-0.2, -0.15) is 0 Å². The Balaban J connectivity index is 1.74. The summed E-state index contributed by atoms with van der Waals surface area (Å²) in [5.74, 6) is -0.386. The Morgan fingerprint density at radius 2 is 0.886 bits per heavy atom. The van der Waals surface area contributed by atoms with Gasteiger partial charge in [-0.3, -0.25) is 4.79 Å². The molecule has 70 heavy (non-hydrogen) atoms. The predicted octanol–water partition coefficient (Wildman–Crippen LogP) is 9.36. The van der Waals surface area contributed by atoms with Crippen LogP contribution < -0.4 is 0 Å². The fourth-order valence-corrected chi connectivity index (χ4v) is 8.82. The lowest BCUT2D eigenvalue weighted by Crippen LogP contribution is -2.61. The summed E-state index contributed by atoms with van der Waals surface area (Å²) < 4.78 is 34.4. The number of hydrogen-bond donors (Lipinski definition) is 7. The lowest BCUT2D eigenvalue weighted by Gasteiger charge is -2.42. The number of aliphatic hydroxyl groups is 7. The third-order valence-electron chi connectivity index (χ3n) is 13.4. The third kappa shape index (κ3) is 30.4. The average molecular weight is 999 g/mol. The molecule has 0 aromatic heterocycles. The van der Waals surface area contributed by atoms with Crippen molar-refractivity contribution in [2.75, 3.05) is 33.0 Å². The second kappa shape index (κ2) is 43.6. The molecular weight excluding hydrogens is 897 g/mol. The normalized spacial score (nSPS) is 25.7. The summed E-state index contributed by atoms with van der Waals surface area (Å²) in [6.45, 7) is 3.67. The van der Waals surface area contributed by atoms with E-state index in [1.807, 2.05) is 0 Å². The van der Waals surface area contributed by atoms with Crippen LogP contribution in [0.25, 0.3) is 0 Å². The third-order valence-corrected chi connectivity index (χ3v) is 13.4. The Bertz CT molecular complexity index is 1300. The lowest BCUT2D eigenvalue weighted by molar-refractivity contribution is -0.332. The molecule has 7 N–H and O–H groups in total. The average Bonchev–Trinajstić information content (AvgIpc) is 3.36. The fraction of sp³-hybridized carbons (Fsp3) is 0.875. The van der Waals surface area contributed by atoms with Crippen molar-refractivity contribution in [1.29, 1.82) is 0 Å². The van der Waals surface area contributed by atoms with Gasteiger partial charge >= 0.3 is 5.97 Å². The van der Waals surface area contributed by atoms with Gasteiger partial charge in [0.25, 0.3) is 0 Å². The van der Waals surface area contributed by atoms with Crippen LogP contribution in [-0.2, 0) is 33.2 Å². The summed E-state index contributed by atoms with van der Waals surface area (Å²) in [7, 11) is 0. The molecule has 0 saturated carbocycles. The minimum absolute atomic E-state index is 0.0590. The van der Waals surface area contributed by atoms with Crippen LogP contribution >= 0.6 is 0 Å². The smallest absolute Gasteiger partial charge is 0.306 e. The van der Waals surface area contributed by atoms with Crippen molar-refractivity contribution in [3.8, 4) is 0 Å². The minimum Gasteiger partial charge on any atom is -0.457 e. The second-order valence-corrected chi connectivity index (χ2v) is 19.8. The molecule has 2 heterocycles. The quantitative estimate of drug-likeness (QED) is 0.0172. The first-order chi connectivity index (χ1) is 34.1. The van der Waals surface area contributed by atoms with E-state index in [4.69, 9.17) is 28.4 Å². The molecule has 0 aromatic rings. The van der Waals surface area contributed by atoms with E-state index in [1.54, 1.807) is 0 Å². The van der Waals surface area contributed by atoms with Crippen molar-refractivity contribution in [2.45, 2.75) is 280 Å². The summed E-state index contributed by atoms with van der Waals surface area (Å²) in [5.41, 5.74) is 0.